The van der Waals surface area contributed by atoms with Gasteiger partial charge in [0.1, 0.15) is 5.75 Å². The summed E-state index contributed by atoms with van der Waals surface area (Å²) in [5.41, 5.74) is 0.296. The number of carbonyl (C=O) groups excluding carboxylic acids is 1. The predicted molar refractivity (Wildman–Crippen MR) is 112 cm³/mol. The first-order valence-electron chi connectivity index (χ1n) is 7.64. The van der Waals surface area contributed by atoms with Gasteiger partial charge in [-0.2, -0.15) is 0 Å². The monoisotopic (exact) mass is 456 g/mol. The molecule has 2 aromatic carbocycles. The van der Waals surface area contributed by atoms with E-state index in [1.807, 2.05) is 0 Å². The minimum absolute atomic E-state index is 0.0236. The highest BCUT2D eigenvalue weighted by atomic mass is 35.5. The van der Waals surface area contributed by atoms with Crippen LogP contribution < -0.4 is 15.4 Å². The van der Waals surface area contributed by atoms with Crippen LogP contribution in [0.15, 0.2) is 53.1 Å². The van der Waals surface area contributed by atoms with Gasteiger partial charge in [0, 0.05) is 17.2 Å². The standard InChI is InChI=1S/C18H11Cl3N2O4S/c19-9-3-4-14(11(21)6-9)27-16-8-12(10(20)7-13(16)24)22-18(28)23-17(25)15-2-1-5-26-15/h1-8,24H,(H2,22,23,25,28). The minimum atomic E-state index is -0.526. The lowest BCUT2D eigenvalue weighted by molar-refractivity contribution is 0.0950. The van der Waals surface area contributed by atoms with Crippen molar-refractivity contribution in [3.8, 4) is 17.2 Å². The summed E-state index contributed by atoms with van der Waals surface area (Å²) in [6.45, 7) is 0. The third-order valence-corrected chi connectivity index (χ3v) is 4.43. The molecule has 0 saturated carbocycles. The van der Waals surface area contributed by atoms with Crippen molar-refractivity contribution < 1.29 is 19.1 Å². The van der Waals surface area contributed by atoms with Crippen LogP contribution in [0.2, 0.25) is 15.1 Å². The first-order valence-corrected chi connectivity index (χ1v) is 9.19. The molecule has 0 atom stereocenters. The largest absolute Gasteiger partial charge is 0.504 e. The second-order valence-electron chi connectivity index (χ2n) is 5.36. The number of carbonyl (C=O) groups is 1. The molecule has 0 unspecified atom stereocenters. The maximum absolute atomic E-state index is 12.0. The second-order valence-corrected chi connectivity index (χ2v) is 7.02. The van der Waals surface area contributed by atoms with Crippen molar-refractivity contribution in [2.45, 2.75) is 0 Å². The molecule has 6 nitrogen and oxygen atoms in total. The van der Waals surface area contributed by atoms with Crippen LogP contribution in [-0.4, -0.2) is 16.1 Å². The lowest BCUT2D eigenvalue weighted by Gasteiger charge is -2.14. The van der Waals surface area contributed by atoms with Crippen LogP contribution in [0.5, 0.6) is 17.2 Å². The number of halogens is 3. The van der Waals surface area contributed by atoms with Gasteiger partial charge in [0.05, 0.1) is 22.0 Å². The van der Waals surface area contributed by atoms with Crippen LogP contribution in [0.1, 0.15) is 10.6 Å². The number of amides is 1. The Hall–Kier alpha value is -2.45. The Morgan fingerprint density at radius 2 is 1.86 bits per heavy atom. The molecule has 3 N–H and O–H groups in total. The summed E-state index contributed by atoms with van der Waals surface area (Å²) in [7, 11) is 0. The highest BCUT2D eigenvalue weighted by molar-refractivity contribution is 7.80. The highest BCUT2D eigenvalue weighted by Crippen LogP contribution is 2.40. The molecule has 10 heteroatoms. The van der Waals surface area contributed by atoms with Crippen LogP contribution in [0, 0.1) is 0 Å². The first kappa shape index (κ1) is 20.3. The molecule has 1 amide bonds. The van der Waals surface area contributed by atoms with E-state index in [1.165, 1.54) is 30.5 Å². The van der Waals surface area contributed by atoms with Gasteiger partial charge in [0.15, 0.2) is 22.4 Å². The van der Waals surface area contributed by atoms with E-state index in [0.717, 1.165) is 0 Å². The van der Waals surface area contributed by atoms with E-state index in [9.17, 15) is 9.90 Å². The summed E-state index contributed by atoms with van der Waals surface area (Å²) < 4.78 is 10.6. The molecule has 144 valence electrons. The van der Waals surface area contributed by atoms with Gasteiger partial charge in [-0.25, -0.2) is 0 Å². The van der Waals surface area contributed by atoms with Crippen molar-refractivity contribution >= 4 is 63.7 Å². The van der Waals surface area contributed by atoms with Gasteiger partial charge >= 0.3 is 0 Å². The van der Waals surface area contributed by atoms with E-state index in [1.54, 1.807) is 18.2 Å². The first-order chi connectivity index (χ1) is 13.3. The van der Waals surface area contributed by atoms with Crippen molar-refractivity contribution in [2.75, 3.05) is 5.32 Å². The maximum atomic E-state index is 12.0. The Morgan fingerprint density at radius 3 is 2.54 bits per heavy atom. The SMILES string of the molecule is O=C(NC(=S)Nc1cc(Oc2ccc(Cl)cc2Cl)c(O)cc1Cl)c1ccco1. The van der Waals surface area contributed by atoms with Crippen molar-refractivity contribution in [1.29, 1.82) is 0 Å². The zero-order chi connectivity index (χ0) is 20.3. The molecule has 3 aromatic rings. The van der Waals surface area contributed by atoms with Crippen molar-refractivity contribution in [3.63, 3.8) is 0 Å². The van der Waals surface area contributed by atoms with Crippen LogP contribution in [0.25, 0.3) is 0 Å². The molecular weight excluding hydrogens is 447 g/mol. The Kier molecular flexibility index (Phi) is 6.31. The molecular formula is C18H11Cl3N2O4S. The number of benzene rings is 2. The van der Waals surface area contributed by atoms with Gasteiger partial charge in [-0.3, -0.25) is 10.1 Å². The van der Waals surface area contributed by atoms with Crippen molar-refractivity contribution in [2.24, 2.45) is 0 Å². The molecule has 0 bridgehead atoms. The lowest BCUT2D eigenvalue weighted by Crippen LogP contribution is -2.33. The van der Waals surface area contributed by atoms with Gasteiger partial charge in [0.25, 0.3) is 5.91 Å². The third-order valence-electron chi connectivity index (χ3n) is 3.38. The van der Waals surface area contributed by atoms with E-state index in [2.05, 4.69) is 10.6 Å². The number of hydrogen-bond donors (Lipinski definition) is 3. The smallest absolute Gasteiger partial charge is 0.293 e. The van der Waals surface area contributed by atoms with E-state index in [4.69, 9.17) is 56.2 Å². The van der Waals surface area contributed by atoms with Gasteiger partial charge in [-0.05, 0) is 42.5 Å². The molecule has 1 heterocycles. The average molecular weight is 458 g/mol. The van der Waals surface area contributed by atoms with Crippen molar-refractivity contribution in [3.05, 3.63) is 69.6 Å². The van der Waals surface area contributed by atoms with Gasteiger partial charge in [0.2, 0.25) is 0 Å². The van der Waals surface area contributed by atoms with Gasteiger partial charge in [-0.1, -0.05) is 34.8 Å². The molecule has 0 aliphatic heterocycles. The number of hydrogen-bond acceptors (Lipinski definition) is 5. The number of aromatic hydroxyl groups is 1. The van der Waals surface area contributed by atoms with E-state index in [0.29, 0.717) is 10.7 Å². The molecule has 0 saturated heterocycles. The number of nitrogens with one attached hydrogen (secondary N) is 2. The number of phenols is 1. The number of ether oxygens (including phenoxy) is 1. The Bertz CT molecular complexity index is 1040. The normalized spacial score (nSPS) is 10.4. The topological polar surface area (TPSA) is 83.7 Å². The summed E-state index contributed by atoms with van der Waals surface area (Å²) >= 11 is 23.2. The predicted octanol–water partition coefficient (Wildman–Crippen LogP) is 5.86. The van der Waals surface area contributed by atoms with Crippen LogP contribution in [0.4, 0.5) is 5.69 Å². The van der Waals surface area contributed by atoms with Gasteiger partial charge < -0.3 is 19.6 Å². The fourth-order valence-electron chi connectivity index (χ4n) is 2.12. The maximum Gasteiger partial charge on any atom is 0.293 e. The number of phenolic OH excluding ortho intramolecular Hbond substituents is 1. The number of thiocarbonyl (C=S) groups is 1. The fraction of sp³-hybridized carbons (Fsp3) is 0. The number of rotatable bonds is 4. The third kappa shape index (κ3) is 4.88. The minimum Gasteiger partial charge on any atom is -0.504 e. The van der Waals surface area contributed by atoms with Crippen molar-refractivity contribution in [1.82, 2.24) is 5.32 Å². The molecule has 0 fully saturated rings. The van der Waals surface area contributed by atoms with E-state index < -0.39 is 5.91 Å². The molecule has 3 rings (SSSR count). The highest BCUT2D eigenvalue weighted by Gasteiger charge is 2.15. The lowest BCUT2D eigenvalue weighted by atomic mass is 10.2. The zero-order valence-electron chi connectivity index (χ0n) is 13.8. The Labute approximate surface area is 180 Å². The van der Waals surface area contributed by atoms with Crippen LogP contribution in [-0.2, 0) is 0 Å². The van der Waals surface area contributed by atoms with E-state index in [-0.39, 0.29) is 38.2 Å². The average Bonchev–Trinajstić information content (AvgIpc) is 3.16. The van der Waals surface area contributed by atoms with Crippen LogP contribution in [0.3, 0.4) is 0 Å². The summed E-state index contributed by atoms with van der Waals surface area (Å²) in [5.74, 6) is -0.295. The second kappa shape index (κ2) is 8.70. The Morgan fingerprint density at radius 1 is 1.07 bits per heavy atom. The quantitative estimate of drug-likeness (QED) is 0.336. The summed E-state index contributed by atoms with van der Waals surface area (Å²) in [6.07, 6.45) is 1.37. The molecule has 1 aromatic heterocycles. The molecule has 0 spiro atoms. The zero-order valence-corrected chi connectivity index (χ0v) is 16.9. The van der Waals surface area contributed by atoms with Crippen LogP contribution >= 0.6 is 47.0 Å². The molecule has 0 radical (unpaired) electrons. The summed E-state index contributed by atoms with van der Waals surface area (Å²) in [4.78, 5) is 12.0. The Balaban J connectivity index is 1.77. The number of furan rings is 1. The molecule has 0 aliphatic rings. The van der Waals surface area contributed by atoms with E-state index >= 15 is 0 Å². The molecule has 28 heavy (non-hydrogen) atoms. The summed E-state index contributed by atoms with van der Waals surface area (Å²) in [5, 5.41) is 16.1. The van der Waals surface area contributed by atoms with Gasteiger partial charge in [-0.15, -0.1) is 0 Å². The molecule has 0 aliphatic carbocycles. The summed E-state index contributed by atoms with van der Waals surface area (Å²) in [6, 6.07) is 10.4. The number of anilines is 1. The fourth-order valence-corrected chi connectivity index (χ4v) is 2.98.